The lowest BCUT2D eigenvalue weighted by molar-refractivity contribution is -0.203. The molecule has 1 saturated heterocycles. The van der Waals surface area contributed by atoms with Crippen LogP contribution in [-0.4, -0.2) is 30.6 Å². The molecule has 138 valence electrons. The first-order valence-electron chi connectivity index (χ1n) is 9.90. The van der Waals surface area contributed by atoms with E-state index < -0.39 is 0 Å². The molecule has 4 atom stereocenters. The number of fused-ring (bicyclic) bond motifs is 1. The second-order valence-corrected chi connectivity index (χ2v) is 9.24. The van der Waals surface area contributed by atoms with Crippen LogP contribution in [0.5, 0.6) is 0 Å². The first-order chi connectivity index (χ1) is 11.9. The van der Waals surface area contributed by atoms with Gasteiger partial charge in [-0.2, -0.15) is 0 Å². The van der Waals surface area contributed by atoms with Crippen molar-refractivity contribution >= 4 is 11.4 Å². The standard InChI is InChI=1S/C21H32FN3/c1-13-20-14(10-17(20)21(13,2)3)12-25-8-6-16(7-9-25)24-19-5-4-15(22)11-18(19)23/h4-5,11,13-14,16-17,20,24H,6-10,12,23H2,1-3H3/t13-,14-,17-,20?/m1/s1. The van der Waals surface area contributed by atoms with Gasteiger partial charge in [-0.15, -0.1) is 0 Å². The molecule has 4 heteroatoms. The third kappa shape index (κ3) is 2.92. The van der Waals surface area contributed by atoms with Crippen molar-refractivity contribution in [1.29, 1.82) is 0 Å². The Kier molecular flexibility index (Phi) is 4.22. The van der Waals surface area contributed by atoms with Gasteiger partial charge in [0, 0.05) is 25.7 Å². The number of nitrogens with zero attached hydrogens (tertiary/aromatic N) is 1. The van der Waals surface area contributed by atoms with Gasteiger partial charge < -0.3 is 16.0 Å². The summed E-state index contributed by atoms with van der Waals surface area (Å²) in [6.45, 7) is 11.0. The van der Waals surface area contributed by atoms with E-state index in [1.165, 1.54) is 25.1 Å². The van der Waals surface area contributed by atoms with Gasteiger partial charge in [0.25, 0.3) is 0 Å². The van der Waals surface area contributed by atoms with Crippen molar-refractivity contribution in [3.05, 3.63) is 24.0 Å². The van der Waals surface area contributed by atoms with Crippen molar-refractivity contribution in [2.24, 2.45) is 29.1 Å². The van der Waals surface area contributed by atoms with E-state index in [0.29, 0.717) is 17.1 Å². The molecule has 0 aromatic heterocycles. The zero-order valence-electron chi connectivity index (χ0n) is 15.8. The number of hydrogen-bond acceptors (Lipinski definition) is 3. The molecule has 1 unspecified atom stereocenters. The number of benzene rings is 1. The summed E-state index contributed by atoms with van der Waals surface area (Å²) in [6.07, 6.45) is 3.71. The van der Waals surface area contributed by atoms with Crippen LogP contribution in [0.25, 0.3) is 0 Å². The molecule has 0 radical (unpaired) electrons. The quantitative estimate of drug-likeness (QED) is 0.803. The number of nitrogens with two attached hydrogens (primary N) is 1. The van der Waals surface area contributed by atoms with E-state index in [4.69, 9.17) is 5.73 Å². The van der Waals surface area contributed by atoms with Gasteiger partial charge >= 0.3 is 0 Å². The molecular weight excluding hydrogens is 313 g/mol. The van der Waals surface area contributed by atoms with Crippen molar-refractivity contribution in [3.63, 3.8) is 0 Å². The summed E-state index contributed by atoms with van der Waals surface area (Å²) in [4.78, 5) is 2.66. The minimum atomic E-state index is -0.273. The SMILES string of the molecule is C[C@@H]1C2[C@@H](CN3CCC(Nc4ccc(F)cc4N)CC3)C[C@H]2C1(C)C. The number of rotatable bonds is 4. The van der Waals surface area contributed by atoms with Gasteiger partial charge in [0.1, 0.15) is 5.82 Å². The van der Waals surface area contributed by atoms with Crippen LogP contribution in [0.1, 0.15) is 40.0 Å². The molecule has 1 aromatic rings. The molecule has 4 rings (SSSR count). The highest BCUT2D eigenvalue weighted by atomic mass is 19.1. The molecule has 25 heavy (non-hydrogen) atoms. The van der Waals surface area contributed by atoms with Crippen molar-refractivity contribution < 1.29 is 4.39 Å². The van der Waals surface area contributed by atoms with Crippen LogP contribution in [0.3, 0.4) is 0 Å². The number of likely N-dealkylation sites (tertiary alicyclic amines) is 1. The Bertz CT molecular complexity index is 628. The summed E-state index contributed by atoms with van der Waals surface area (Å²) in [7, 11) is 0. The summed E-state index contributed by atoms with van der Waals surface area (Å²) >= 11 is 0. The Hall–Kier alpha value is -1.29. The monoisotopic (exact) mass is 345 g/mol. The number of piperidine rings is 1. The molecule has 0 bridgehead atoms. The molecule has 2 saturated carbocycles. The summed E-state index contributed by atoms with van der Waals surface area (Å²) < 4.78 is 13.2. The highest BCUT2D eigenvalue weighted by Gasteiger charge is 2.62. The maximum atomic E-state index is 13.2. The lowest BCUT2D eigenvalue weighted by Gasteiger charge is -2.69. The van der Waals surface area contributed by atoms with E-state index in [0.717, 1.165) is 55.3 Å². The van der Waals surface area contributed by atoms with E-state index >= 15 is 0 Å². The van der Waals surface area contributed by atoms with Gasteiger partial charge in [0.15, 0.2) is 0 Å². The maximum absolute atomic E-state index is 13.2. The number of hydrogen-bond donors (Lipinski definition) is 2. The maximum Gasteiger partial charge on any atom is 0.125 e. The number of halogens is 1. The fourth-order valence-electron chi connectivity index (χ4n) is 5.72. The Morgan fingerprint density at radius 3 is 2.64 bits per heavy atom. The third-order valence-electron chi connectivity index (χ3n) is 7.73. The fraction of sp³-hybridized carbons (Fsp3) is 0.714. The zero-order valence-corrected chi connectivity index (χ0v) is 15.8. The van der Waals surface area contributed by atoms with Gasteiger partial charge in [-0.05, 0) is 66.5 Å². The van der Waals surface area contributed by atoms with E-state index in [2.05, 4.69) is 31.0 Å². The predicted octanol–water partition coefficient (Wildman–Crippen LogP) is 4.21. The van der Waals surface area contributed by atoms with Crippen LogP contribution < -0.4 is 11.1 Å². The second kappa shape index (κ2) is 6.15. The van der Waals surface area contributed by atoms with Gasteiger partial charge in [-0.3, -0.25) is 0 Å². The Morgan fingerprint density at radius 1 is 1.28 bits per heavy atom. The van der Waals surface area contributed by atoms with Crippen LogP contribution >= 0.6 is 0 Å². The number of nitrogen functional groups attached to an aromatic ring is 1. The third-order valence-corrected chi connectivity index (χ3v) is 7.73. The first-order valence-corrected chi connectivity index (χ1v) is 9.90. The average Bonchev–Trinajstić information content (AvgIpc) is 2.55. The van der Waals surface area contributed by atoms with Gasteiger partial charge in [-0.25, -0.2) is 4.39 Å². The highest BCUT2D eigenvalue weighted by molar-refractivity contribution is 5.66. The topological polar surface area (TPSA) is 41.3 Å². The molecule has 1 aromatic carbocycles. The molecule has 1 heterocycles. The van der Waals surface area contributed by atoms with Crippen molar-refractivity contribution in [3.8, 4) is 0 Å². The highest BCUT2D eigenvalue weighted by Crippen LogP contribution is 2.67. The summed E-state index contributed by atoms with van der Waals surface area (Å²) in [5.41, 5.74) is 7.86. The molecule has 3 N–H and O–H groups in total. The molecule has 3 nitrogen and oxygen atoms in total. The van der Waals surface area contributed by atoms with Crippen molar-refractivity contribution in [1.82, 2.24) is 4.90 Å². The van der Waals surface area contributed by atoms with Crippen LogP contribution in [0.2, 0.25) is 0 Å². The van der Waals surface area contributed by atoms with Crippen LogP contribution in [-0.2, 0) is 0 Å². The van der Waals surface area contributed by atoms with E-state index in [1.807, 2.05) is 0 Å². The van der Waals surface area contributed by atoms with Crippen molar-refractivity contribution in [2.45, 2.75) is 46.1 Å². The zero-order chi connectivity index (χ0) is 17.8. The molecule has 2 aliphatic carbocycles. The summed E-state index contributed by atoms with van der Waals surface area (Å²) in [5.74, 6) is 3.49. The average molecular weight is 346 g/mol. The Balaban J connectivity index is 1.24. The van der Waals surface area contributed by atoms with Crippen LogP contribution in [0.15, 0.2) is 18.2 Å². The molecular formula is C21H32FN3. The normalized spacial score (nSPS) is 34.7. The Morgan fingerprint density at radius 2 is 2.00 bits per heavy atom. The number of nitrogens with one attached hydrogen (secondary N) is 1. The number of anilines is 2. The van der Waals surface area contributed by atoms with E-state index in [1.54, 1.807) is 6.07 Å². The summed E-state index contributed by atoms with van der Waals surface area (Å²) in [5, 5.41) is 3.50. The molecule has 0 amide bonds. The van der Waals surface area contributed by atoms with E-state index in [9.17, 15) is 4.39 Å². The van der Waals surface area contributed by atoms with Gasteiger partial charge in [0.05, 0.1) is 11.4 Å². The molecule has 0 spiro atoms. The van der Waals surface area contributed by atoms with Crippen molar-refractivity contribution in [2.75, 3.05) is 30.7 Å². The van der Waals surface area contributed by atoms with Crippen LogP contribution in [0.4, 0.5) is 15.8 Å². The molecule has 1 aliphatic heterocycles. The van der Waals surface area contributed by atoms with E-state index in [-0.39, 0.29) is 5.82 Å². The summed E-state index contributed by atoms with van der Waals surface area (Å²) in [6, 6.07) is 5.07. The second-order valence-electron chi connectivity index (χ2n) is 9.24. The minimum Gasteiger partial charge on any atom is -0.397 e. The predicted molar refractivity (Wildman–Crippen MR) is 102 cm³/mol. The smallest absolute Gasteiger partial charge is 0.125 e. The largest absolute Gasteiger partial charge is 0.397 e. The Labute approximate surface area is 151 Å². The van der Waals surface area contributed by atoms with Gasteiger partial charge in [0.2, 0.25) is 0 Å². The van der Waals surface area contributed by atoms with Gasteiger partial charge in [-0.1, -0.05) is 20.8 Å². The lowest BCUT2D eigenvalue weighted by atomic mass is 9.37. The molecule has 3 fully saturated rings. The fourth-order valence-corrected chi connectivity index (χ4v) is 5.72. The molecule has 3 aliphatic rings. The first kappa shape index (κ1) is 17.1. The van der Waals surface area contributed by atoms with Crippen LogP contribution in [0, 0.1) is 34.9 Å². The lowest BCUT2D eigenvalue weighted by Crippen LogP contribution is -2.64. The minimum absolute atomic E-state index is 0.273.